The Balaban J connectivity index is 1.72. The van der Waals surface area contributed by atoms with Crippen LogP contribution in [0.25, 0.3) is 0 Å². The van der Waals surface area contributed by atoms with E-state index in [9.17, 15) is 4.79 Å². The van der Waals surface area contributed by atoms with Crippen molar-refractivity contribution in [1.29, 1.82) is 0 Å². The lowest BCUT2D eigenvalue weighted by molar-refractivity contribution is 0.102. The van der Waals surface area contributed by atoms with Crippen LogP contribution in [-0.4, -0.2) is 37.4 Å². The molecule has 1 amide bonds. The van der Waals surface area contributed by atoms with Gasteiger partial charge in [0.25, 0.3) is 5.91 Å². The SMILES string of the molecule is COc1cc(Nc2ccc(NC(=O)c3ccc(C)cc3)nn2)cc(OC)c1OC. The summed E-state index contributed by atoms with van der Waals surface area (Å²) >= 11 is 0. The maximum absolute atomic E-state index is 12.3. The van der Waals surface area contributed by atoms with Crippen molar-refractivity contribution in [1.82, 2.24) is 10.2 Å². The maximum Gasteiger partial charge on any atom is 0.256 e. The van der Waals surface area contributed by atoms with E-state index in [1.54, 1.807) is 57.7 Å². The van der Waals surface area contributed by atoms with Gasteiger partial charge in [0.15, 0.2) is 23.1 Å². The second-order valence-electron chi connectivity index (χ2n) is 6.16. The number of methoxy groups -OCH3 is 3. The van der Waals surface area contributed by atoms with E-state index in [1.165, 1.54) is 0 Å². The van der Waals surface area contributed by atoms with Crippen molar-refractivity contribution in [3.8, 4) is 17.2 Å². The highest BCUT2D eigenvalue weighted by Gasteiger charge is 2.14. The molecule has 2 N–H and O–H groups in total. The van der Waals surface area contributed by atoms with Crippen LogP contribution in [0.15, 0.2) is 48.5 Å². The van der Waals surface area contributed by atoms with Gasteiger partial charge in [-0.1, -0.05) is 17.7 Å². The molecule has 3 aromatic rings. The van der Waals surface area contributed by atoms with Crippen LogP contribution in [0, 0.1) is 6.92 Å². The molecule has 0 bridgehead atoms. The molecule has 3 rings (SSSR count). The zero-order chi connectivity index (χ0) is 20.8. The first-order valence-electron chi connectivity index (χ1n) is 8.83. The van der Waals surface area contributed by atoms with Crippen molar-refractivity contribution in [3.05, 3.63) is 59.7 Å². The minimum Gasteiger partial charge on any atom is -0.493 e. The van der Waals surface area contributed by atoms with Crippen molar-refractivity contribution < 1.29 is 19.0 Å². The molecule has 0 fully saturated rings. The molecule has 0 atom stereocenters. The molecular weight excluding hydrogens is 372 g/mol. The van der Waals surface area contributed by atoms with Crippen LogP contribution in [-0.2, 0) is 0 Å². The molecule has 1 aromatic heterocycles. The first-order chi connectivity index (χ1) is 14.0. The summed E-state index contributed by atoms with van der Waals surface area (Å²) in [7, 11) is 4.64. The average Bonchev–Trinajstić information content (AvgIpc) is 2.74. The van der Waals surface area contributed by atoms with E-state index in [0.29, 0.717) is 40.1 Å². The van der Waals surface area contributed by atoms with E-state index in [0.717, 1.165) is 5.56 Å². The van der Waals surface area contributed by atoms with Gasteiger partial charge in [0, 0.05) is 23.4 Å². The van der Waals surface area contributed by atoms with Crippen LogP contribution in [0.2, 0.25) is 0 Å². The lowest BCUT2D eigenvalue weighted by Crippen LogP contribution is -2.13. The number of nitrogens with zero attached hydrogens (tertiary/aromatic N) is 2. The summed E-state index contributed by atoms with van der Waals surface area (Å²) in [4.78, 5) is 12.3. The molecular formula is C21H22N4O4. The Bertz CT molecular complexity index is 964. The van der Waals surface area contributed by atoms with E-state index in [1.807, 2.05) is 19.1 Å². The van der Waals surface area contributed by atoms with Crippen LogP contribution in [0.4, 0.5) is 17.3 Å². The minimum atomic E-state index is -0.246. The van der Waals surface area contributed by atoms with Gasteiger partial charge in [0.1, 0.15) is 0 Å². The second kappa shape index (κ2) is 8.92. The van der Waals surface area contributed by atoms with E-state index < -0.39 is 0 Å². The van der Waals surface area contributed by atoms with Crippen LogP contribution < -0.4 is 24.8 Å². The Morgan fingerprint density at radius 3 is 1.93 bits per heavy atom. The molecule has 0 radical (unpaired) electrons. The highest BCUT2D eigenvalue weighted by Crippen LogP contribution is 2.40. The number of aromatic nitrogens is 2. The summed E-state index contributed by atoms with van der Waals surface area (Å²) < 4.78 is 16.0. The molecule has 29 heavy (non-hydrogen) atoms. The molecule has 0 unspecified atom stereocenters. The zero-order valence-corrected chi connectivity index (χ0v) is 16.6. The molecule has 0 saturated heterocycles. The number of nitrogens with one attached hydrogen (secondary N) is 2. The second-order valence-corrected chi connectivity index (χ2v) is 6.16. The number of benzene rings is 2. The number of amides is 1. The van der Waals surface area contributed by atoms with Gasteiger partial charge in [-0.05, 0) is 31.2 Å². The number of ether oxygens (including phenoxy) is 3. The molecule has 8 heteroatoms. The van der Waals surface area contributed by atoms with Crippen molar-refractivity contribution in [2.75, 3.05) is 32.0 Å². The summed E-state index contributed by atoms with van der Waals surface area (Å²) in [6.45, 7) is 1.97. The Labute approximate surface area is 168 Å². The summed E-state index contributed by atoms with van der Waals surface area (Å²) in [6, 6.07) is 14.2. The summed E-state index contributed by atoms with van der Waals surface area (Å²) in [5.41, 5.74) is 2.32. The third kappa shape index (κ3) is 4.73. The van der Waals surface area contributed by atoms with Gasteiger partial charge in [0.2, 0.25) is 5.75 Å². The maximum atomic E-state index is 12.3. The normalized spacial score (nSPS) is 10.2. The third-order valence-electron chi connectivity index (χ3n) is 4.16. The largest absolute Gasteiger partial charge is 0.493 e. The van der Waals surface area contributed by atoms with Gasteiger partial charge in [-0.3, -0.25) is 4.79 Å². The number of hydrogen-bond acceptors (Lipinski definition) is 7. The first-order valence-corrected chi connectivity index (χ1v) is 8.83. The van der Waals surface area contributed by atoms with E-state index >= 15 is 0 Å². The smallest absolute Gasteiger partial charge is 0.256 e. The molecule has 1 heterocycles. The summed E-state index contributed by atoms with van der Waals surface area (Å²) in [6.07, 6.45) is 0. The summed E-state index contributed by atoms with van der Waals surface area (Å²) in [5.74, 6) is 2.14. The number of rotatable bonds is 7. The fourth-order valence-electron chi connectivity index (χ4n) is 2.66. The lowest BCUT2D eigenvalue weighted by Gasteiger charge is -2.14. The number of anilines is 3. The molecule has 0 aliphatic rings. The van der Waals surface area contributed by atoms with Crippen molar-refractivity contribution in [2.45, 2.75) is 6.92 Å². The number of aryl methyl sites for hydroxylation is 1. The van der Waals surface area contributed by atoms with Crippen LogP contribution >= 0.6 is 0 Å². The van der Waals surface area contributed by atoms with E-state index in [4.69, 9.17) is 14.2 Å². The predicted molar refractivity (Wildman–Crippen MR) is 111 cm³/mol. The van der Waals surface area contributed by atoms with Crippen LogP contribution in [0.3, 0.4) is 0 Å². The van der Waals surface area contributed by atoms with Crippen molar-refractivity contribution in [2.24, 2.45) is 0 Å². The zero-order valence-electron chi connectivity index (χ0n) is 16.6. The lowest BCUT2D eigenvalue weighted by atomic mass is 10.1. The topological polar surface area (TPSA) is 94.6 Å². The highest BCUT2D eigenvalue weighted by molar-refractivity contribution is 6.03. The summed E-state index contributed by atoms with van der Waals surface area (Å²) in [5, 5.41) is 14.0. The quantitative estimate of drug-likeness (QED) is 0.629. The molecule has 150 valence electrons. The van der Waals surface area contributed by atoms with Gasteiger partial charge in [-0.25, -0.2) is 0 Å². The van der Waals surface area contributed by atoms with Gasteiger partial charge in [-0.2, -0.15) is 0 Å². The molecule has 0 saturated carbocycles. The van der Waals surface area contributed by atoms with Gasteiger partial charge >= 0.3 is 0 Å². The van der Waals surface area contributed by atoms with Gasteiger partial charge in [-0.15, -0.1) is 10.2 Å². The molecule has 8 nitrogen and oxygen atoms in total. The monoisotopic (exact) mass is 394 g/mol. The standard InChI is InChI=1S/C21H22N4O4/c1-13-5-7-14(8-6-13)21(26)23-19-10-9-18(24-25-19)22-15-11-16(27-2)20(29-4)17(12-15)28-3/h5-12H,1-4H3,(H,22,24)(H,23,25,26). The van der Waals surface area contributed by atoms with Crippen LogP contribution in [0.5, 0.6) is 17.2 Å². The molecule has 2 aromatic carbocycles. The Kier molecular flexibility index (Phi) is 6.13. The molecule has 0 spiro atoms. The number of hydrogen-bond donors (Lipinski definition) is 2. The van der Waals surface area contributed by atoms with Crippen molar-refractivity contribution in [3.63, 3.8) is 0 Å². The molecule has 0 aliphatic carbocycles. The Morgan fingerprint density at radius 1 is 0.828 bits per heavy atom. The molecule has 0 aliphatic heterocycles. The van der Waals surface area contributed by atoms with Gasteiger partial charge in [0.05, 0.1) is 21.3 Å². The first kappa shape index (κ1) is 19.9. The fraction of sp³-hybridized carbons (Fsp3) is 0.190. The van der Waals surface area contributed by atoms with E-state index in [2.05, 4.69) is 20.8 Å². The number of carbonyl (C=O) groups excluding carboxylic acids is 1. The predicted octanol–water partition coefficient (Wildman–Crippen LogP) is 3.81. The Hall–Kier alpha value is -3.81. The van der Waals surface area contributed by atoms with Crippen molar-refractivity contribution >= 4 is 23.2 Å². The number of carbonyl (C=O) groups is 1. The van der Waals surface area contributed by atoms with E-state index in [-0.39, 0.29) is 5.91 Å². The Morgan fingerprint density at radius 2 is 1.41 bits per heavy atom. The fourth-order valence-corrected chi connectivity index (χ4v) is 2.66. The minimum absolute atomic E-state index is 0.246. The van der Waals surface area contributed by atoms with Crippen LogP contribution in [0.1, 0.15) is 15.9 Å². The highest BCUT2D eigenvalue weighted by atomic mass is 16.5. The third-order valence-corrected chi connectivity index (χ3v) is 4.16. The average molecular weight is 394 g/mol. The van der Waals surface area contributed by atoms with Gasteiger partial charge < -0.3 is 24.8 Å².